The van der Waals surface area contributed by atoms with Crippen molar-refractivity contribution in [3.05, 3.63) is 59.0 Å². The summed E-state index contributed by atoms with van der Waals surface area (Å²) in [6, 6.07) is 7.08. The van der Waals surface area contributed by atoms with Crippen molar-refractivity contribution in [1.29, 1.82) is 0 Å². The summed E-state index contributed by atoms with van der Waals surface area (Å²) in [5, 5.41) is 4.60. The minimum absolute atomic E-state index is 0.309. The molecular weight excluding hydrogens is 353 g/mol. The number of nitrogens with zero attached hydrogens (tertiary/aromatic N) is 5. The van der Waals surface area contributed by atoms with E-state index in [0.29, 0.717) is 10.6 Å². The van der Waals surface area contributed by atoms with Crippen molar-refractivity contribution < 1.29 is 4.39 Å². The van der Waals surface area contributed by atoms with Crippen LogP contribution in [0.4, 0.5) is 4.39 Å². The number of aromatic nitrogens is 5. The summed E-state index contributed by atoms with van der Waals surface area (Å²) < 4.78 is 17.8. The number of hydrogen-bond donors (Lipinski definition) is 0. The van der Waals surface area contributed by atoms with Crippen molar-refractivity contribution in [1.82, 2.24) is 24.1 Å². The summed E-state index contributed by atoms with van der Waals surface area (Å²) >= 11 is 6.38. The lowest BCUT2D eigenvalue weighted by Crippen LogP contribution is -1.98. The second-order valence-electron chi connectivity index (χ2n) is 6.54. The highest BCUT2D eigenvalue weighted by Gasteiger charge is 2.25. The first kappa shape index (κ1) is 15.5. The maximum Gasteiger partial charge on any atom is 0.155 e. The quantitative estimate of drug-likeness (QED) is 0.530. The van der Waals surface area contributed by atoms with E-state index in [4.69, 9.17) is 16.6 Å². The van der Waals surface area contributed by atoms with Gasteiger partial charge in [-0.2, -0.15) is 5.10 Å². The second kappa shape index (κ2) is 5.64. The minimum Gasteiger partial charge on any atom is -0.327 e. The normalized spacial score (nSPS) is 13.5. The van der Waals surface area contributed by atoms with Crippen molar-refractivity contribution in [2.75, 3.05) is 0 Å². The zero-order valence-corrected chi connectivity index (χ0v) is 14.8. The summed E-state index contributed by atoms with van der Waals surface area (Å²) in [7, 11) is 0. The molecule has 4 heterocycles. The van der Waals surface area contributed by atoms with Crippen LogP contribution in [0.1, 0.15) is 17.8 Å². The van der Waals surface area contributed by atoms with Crippen molar-refractivity contribution in [2.45, 2.75) is 26.3 Å². The number of pyridine rings is 1. The van der Waals surface area contributed by atoms with Gasteiger partial charge in [0.1, 0.15) is 18.0 Å². The highest BCUT2D eigenvalue weighted by atomic mass is 35.5. The molecule has 0 spiro atoms. The SMILES string of the molecule is Cc1cc(-c2nc3n(c2-c2ccc4ncnn4c2)CCC3)c(Cl)cc1F. The zero-order valence-electron chi connectivity index (χ0n) is 14.1. The van der Waals surface area contributed by atoms with E-state index in [2.05, 4.69) is 14.6 Å². The van der Waals surface area contributed by atoms with Gasteiger partial charge in [0, 0.05) is 30.3 Å². The Labute approximate surface area is 154 Å². The molecule has 0 atom stereocenters. The van der Waals surface area contributed by atoms with E-state index in [0.717, 1.165) is 53.4 Å². The van der Waals surface area contributed by atoms with Gasteiger partial charge in [0.25, 0.3) is 0 Å². The van der Waals surface area contributed by atoms with Crippen LogP contribution < -0.4 is 0 Å². The van der Waals surface area contributed by atoms with Gasteiger partial charge in [-0.25, -0.2) is 18.9 Å². The van der Waals surface area contributed by atoms with Crippen LogP contribution in [0, 0.1) is 12.7 Å². The predicted molar refractivity (Wildman–Crippen MR) is 97.7 cm³/mol. The molecule has 0 amide bonds. The summed E-state index contributed by atoms with van der Waals surface area (Å²) in [5.41, 5.74) is 4.84. The molecule has 26 heavy (non-hydrogen) atoms. The molecule has 0 saturated heterocycles. The highest BCUT2D eigenvalue weighted by Crippen LogP contribution is 2.39. The third-order valence-electron chi connectivity index (χ3n) is 4.88. The molecule has 1 aliphatic rings. The molecule has 0 unspecified atom stereocenters. The molecule has 0 bridgehead atoms. The van der Waals surface area contributed by atoms with Gasteiger partial charge < -0.3 is 4.57 Å². The van der Waals surface area contributed by atoms with Gasteiger partial charge in [-0.1, -0.05) is 11.6 Å². The van der Waals surface area contributed by atoms with Crippen LogP contribution in [0.15, 0.2) is 36.8 Å². The number of aryl methyl sites for hydroxylation is 2. The molecule has 0 N–H and O–H groups in total. The van der Waals surface area contributed by atoms with Crippen LogP contribution >= 0.6 is 11.6 Å². The maximum atomic E-state index is 13.9. The van der Waals surface area contributed by atoms with Crippen LogP contribution in [0.25, 0.3) is 28.2 Å². The Balaban J connectivity index is 1.78. The Morgan fingerprint density at radius 1 is 1.23 bits per heavy atom. The lowest BCUT2D eigenvalue weighted by Gasteiger charge is -2.11. The monoisotopic (exact) mass is 367 g/mol. The first-order valence-corrected chi connectivity index (χ1v) is 8.85. The molecule has 5 rings (SSSR count). The van der Waals surface area contributed by atoms with Crippen LogP contribution in [0.2, 0.25) is 5.02 Å². The standard InChI is InChI=1S/C19H15ClFN5/c1-11-7-13(14(20)8-15(11)21)18-19(25-6-2-3-17(25)24-18)12-4-5-16-22-10-23-26(16)9-12/h4-5,7-10H,2-3,6H2,1H3. The highest BCUT2D eigenvalue weighted by molar-refractivity contribution is 6.33. The van der Waals surface area contributed by atoms with Crippen LogP contribution in [0.3, 0.4) is 0 Å². The number of halogens is 2. The molecule has 0 fully saturated rings. The van der Waals surface area contributed by atoms with Gasteiger partial charge in [-0.15, -0.1) is 0 Å². The summed E-state index contributed by atoms with van der Waals surface area (Å²) in [6.45, 7) is 2.64. The third kappa shape index (κ3) is 2.25. The molecule has 0 radical (unpaired) electrons. The van der Waals surface area contributed by atoms with E-state index in [1.165, 1.54) is 12.4 Å². The van der Waals surface area contributed by atoms with Crippen LogP contribution in [-0.4, -0.2) is 24.1 Å². The first-order valence-electron chi connectivity index (χ1n) is 8.47. The van der Waals surface area contributed by atoms with Crippen LogP contribution in [0.5, 0.6) is 0 Å². The molecule has 1 aliphatic heterocycles. The van der Waals surface area contributed by atoms with Crippen molar-refractivity contribution >= 4 is 17.2 Å². The summed E-state index contributed by atoms with van der Waals surface area (Å²) in [5.74, 6) is 0.725. The number of hydrogen-bond acceptors (Lipinski definition) is 3. The fourth-order valence-electron chi connectivity index (χ4n) is 3.60. The van der Waals surface area contributed by atoms with Crippen LogP contribution in [-0.2, 0) is 13.0 Å². The first-order chi connectivity index (χ1) is 12.6. The van der Waals surface area contributed by atoms with Gasteiger partial charge in [-0.05, 0) is 43.2 Å². The number of benzene rings is 1. The predicted octanol–water partition coefficient (Wildman–Crippen LogP) is 4.31. The Morgan fingerprint density at radius 3 is 3.00 bits per heavy atom. The molecule has 5 nitrogen and oxygen atoms in total. The minimum atomic E-state index is -0.309. The molecule has 7 heteroatoms. The van der Waals surface area contributed by atoms with E-state index in [-0.39, 0.29) is 5.82 Å². The average molecular weight is 368 g/mol. The second-order valence-corrected chi connectivity index (χ2v) is 6.95. The van der Waals surface area contributed by atoms with Gasteiger partial charge in [0.05, 0.1) is 16.4 Å². The summed E-state index contributed by atoms with van der Waals surface area (Å²) in [6.07, 6.45) is 5.47. The van der Waals surface area contributed by atoms with Gasteiger partial charge in [0.15, 0.2) is 5.65 Å². The molecule has 1 aromatic carbocycles. The Kier molecular flexibility index (Phi) is 3.37. The Morgan fingerprint density at radius 2 is 2.12 bits per heavy atom. The van der Waals surface area contributed by atoms with Crippen molar-refractivity contribution in [3.8, 4) is 22.5 Å². The topological polar surface area (TPSA) is 48.0 Å². The Hall–Kier alpha value is -2.73. The van der Waals surface area contributed by atoms with Crippen molar-refractivity contribution in [2.24, 2.45) is 0 Å². The van der Waals surface area contributed by atoms with Crippen molar-refractivity contribution in [3.63, 3.8) is 0 Å². The molecule has 3 aromatic heterocycles. The summed E-state index contributed by atoms with van der Waals surface area (Å²) in [4.78, 5) is 9.04. The molecule has 0 saturated carbocycles. The lowest BCUT2D eigenvalue weighted by atomic mass is 10.0. The van der Waals surface area contributed by atoms with E-state index >= 15 is 0 Å². The number of rotatable bonds is 2. The fourth-order valence-corrected chi connectivity index (χ4v) is 3.84. The van der Waals surface area contributed by atoms with E-state index in [1.807, 2.05) is 18.3 Å². The molecule has 130 valence electrons. The fraction of sp³-hybridized carbons (Fsp3) is 0.211. The average Bonchev–Trinajstić information content (AvgIpc) is 3.32. The zero-order chi connectivity index (χ0) is 17.8. The molecular formula is C19H15ClFN5. The largest absolute Gasteiger partial charge is 0.327 e. The molecule has 4 aromatic rings. The third-order valence-corrected chi connectivity index (χ3v) is 5.19. The van der Waals surface area contributed by atoms with E-state index < -0.39 is 0 Å². The van der Waals surface area contributed by atoms with Gasteiger partial charge in [0.2, 0.25) is 0 Å². The number of imidazole rings is 1. The van der Waals surface area contributed by atoms with Gasteiger partial charge in [-0.3, -0.25) is 0 Å². The van der Waals surface area contributed by atoms with E-state index in [1.54, 1.807) is 17.5 Å². The lowest BCUT2D eigenvalue weighted by molar-refractivity contribution is 0.619. The maximum absolute atomic E-state index is 13.9. The number of fused-ring (bicyclic) bond motifs is 2. The van der Waals surface area contributed by atoms with E-state index in [9.17, 15) is 4.39 Å². The molecule has 0 aliphatic carbocycles. The smallest absolute Gasteiger partial charge is 0.155 e. The van der Waals surface area contributed by atoms with Gasteiger partial charge >= 0.3 is 0 Å². The Bertz CT molecular complexity index is 1160.